The van der Waals surface area contributed by atoms with E-state index in [1.54, 1.807) is 31.2 Å². The van der Waals surface area contributed by atoms with Crippen LogP contribution in [0.3, 0.4) is 0 Å². The second-order valence-electron chi connectivity index (χ2n) is 6.58. The van der Waals surface area contributed by atoms with Crippen molar-refractivity contribution >= 4 is 40.0 Å². The van der Waals surface area contributed by atoms with Crippen molar-refractivity contribution in [3.8, 4) is 0 Å². The van der Waals surface area contributed by atoms with Crippen molar-refractivity contribution in [2.75, 3.05) is 12.4 Å². The van der Waals surface area contributed by atoms with Gasteiger partial charge in [0.2, 0.25) is 0 Å². The number of nitrogens with zero attached hydrogens (tertiary/aromatic N) is 1. The lowest BCUT2D eigenvalue weighted by Gasteiger charge is -2.28. The van der Waals surface area contributed by atoms with Crippen molar-refractivity contribution in [3.05, 3.63) is 64.6 Å². The summed E-state index contributed by atoms with van der Waals surface area (Å²) in [5.74, 6) is 0. The predicted octanol–water partition coefficient (Wildman–Crippen LogP) is 3.72. The molecule has 0 aliphatic rings. The van der Waals surface area contributed by atoms with Crippen molar-refractivity contribution in [2.45, 2.75) is 25.3 Å². The minimum Gasteiger partial charge on any atom is -0.325 e. The summed E-state index contributed by atoms with van der Waals surface area (Å²) < 4.78 is 0.888. The summed E-state index contributed by atoms with van der Waals surface area (Å²) in [6.07, 6.45) is 1.78. The van der Waals surface area contributed by atoms with Crippen molar-refractivity contribution in [3.63, 3.8) is 0 Å². The van der Waals surface area contributed by atoms with Gasteiger partial charge in [-0.25, -0.2) is 20.0 Å². The first-order chi connectivity index (χ1) is 13.3. The standard InChI is InChI=1S/C20H23BrN4O3/c1-20(14-26,13-12-15-6-4-3-5-7-15)23-19(28)25(2)24-18(27)22-17-10-8-16(21)9-11-17/h3-11,14H,12-13H2,1-2H3,(H,23,28)(H2,22,24,27). The van der Waals surface area contributed by atoms with E-state index in [9.17, 15) is 14.4 Å². The molecular weight excluding hydrogens is 424 g/mol. The molecule has 2 rings (SSSR count). The highest BCUT2D eigenvalue weighted by Gasteiger charge is 2.27. The van der Waals surface area contributed by atoms with E-state index < -0.39 is 17.6 Å². The Bertz CT molecular complexity index is 814. The number of halogens is 1. The summed E-state index contributed by atoms with van der Waals surface area (Å²) >= 11 is 3.32. The van der Waals surface area contributed by atoms with Crippen LogP contribution in [0.5, 0.6) is 0 Å². The fourth-order valence-corrected chi connectivity index (χ4v) is 2.69. The summed E-state index contributed by atoms with van der Waals surface area (Å²) in [6, 6.07) is 15.5. The minimum absolute atomic E-state index is 0.436. The topological polar surface area (TPSA) is 90.5 Å². The van der Waals surface area contributed by atoms with Gasteiger partial charge >= 0.3 is 12.1 Å². The number of aryl methyl sites for hydroxylation is 1. The van der Waals surface area contributed by atoms with Gasteiger partial charge in [0.1, 0.15) is 6.29 Å². The van der Waals surface area contributed by atoms with Crippen molar-refractivity contribution < 1.29 is 14.4 Å². The zero-order chi connectivity index (χ0) is 20.6. The lowest BCUT2D eigenvalue weighted by molar-refractivity contribution is -0.112. The zero-order valence-electron chi connectivity index (χ0n) is 15.7. The van der Waals surface area contributed by atoms with Gasteiger partial charge in [0.15, 0.2) is 0 Å². The van der Waals surface area contributed by atoms with Crippen LogP contribution in [0.4, 0.5) is 15.3 Å². The summed E-state index contributed by atoms with van der Waals surface area (Å²) in [4.78, 5) is 36.0. The zero-order valence-corrected chi connectivity index (χ0v) is 17.3. The molecule has 7 nitrogen and oxygen atoms in total. The van der Waals surface area contributed by atoms with E-state index in [0.29, 0.717) is 24.8 Å². The van der Waals surface area contributed by atoms with Crippen LogP contribution in [0.1, 0.15) is 18.9 Å². The monoisotopic (exact) mass is 446 g/mol. The summed E-state index contributed by atoms with van der Waals surface area (Å²) in [5.41, 5.74) is 3.01. The molecule has 8 heteroatoms. The molecule has 2 aromatic rings. The quantitative estimate of drug-likeness (QED) is 0.466. The number of anilines is 1. The average Bonchev–Trinajstić information content (AvgIpc) is 2.69. The third-order valence-electron chi connectivity index (χ3n) is 4.10. The second kappa shape index (κ2) is 9.89. The Balaban J connectivity index is 1.87. The molecule has 28 heavy (non-hydrogen) atoms. The van der Waals surface area contributed by atoms with Crippen LogP contribution in [0.25, 0.3) is 0 Å². The van der Waals surface area contributed by atoms with Crippen LogP contribution in [-0.2, 0) is 11.2 Å². The first-order valence-electron chi connectivity index (χ1n) is 8.71. The fourth-order valence-electron chi connectivity index (χ4n) is 2.42. The van der Waals surface area contributed by atoms with Crippen LogP contribution in [0, 0.1) is 0 Å². The van der Waals surface area contributed by atoms with E-state index in [4.69, 9.17) is 0 Å². The molecule has 2 aromatic carbocycles. The molecule has 0 radical (unpaired) electrons. The van der Waals surface area contributed by atoms with Gasteiger partial charge in [0, 0.05) is 17.2 Å². The number of hydrazine groups is 1. The van der Waals surface area contributed by atoms with Gasteiger partial charge in [0.25, 0.3) is 0 Å². The number of urea groups is 2. The minimum atomic E-state index is -1.05. The van der Waals surface area contributed by atoms with E-state index >= 15 is 0 Å². The molecule has 0 saturated carbocycles. The lowest BCUT2D eigenvalue weighted by atomic mass is 9.95. The van der Waals surface area contributed by atoms with E-state index in [-0.39, 0.29) is 0 Å². The molecule has 0 aliphatic carbocycles. The lowest BCUT2D eigenvalue weighted by Crippen LogP contribution is -2.56. The van der Waals surface area contributed by atoms with E-state index in [1.165, 1.54) is 7.05 Å². The van der Waals surface area contributed by atoms with E-state index in [1.807, 2.05) is 30.3 Å². The molecule has 0 spiro atoms. The molecule has 0 saturated heterocycles. The maximum absolute atomic E-state index is 12.4. The van der Waals surface area contributed by atoms with E-state index in [0.717, 1.165) is 15.0 Å². The Labute approximate surface area is 172 Å². The highest BCUT2D eigenvalue weighted by atomic mass is 79.9. The van der Waals surface area contributed by atoms with Crippen LogP contribution in [0.2, 0.25) is 0 Å². The Morgan fingerprint density at radius 1 is 1.11 bits per heavy atom. The number of hydrogen-bond donors (Lipinski definition) is 3. The van der Waals surface area contributed by atoms with Crippen molar-refractivity contribution in [1.29, 1.82) is 0 Å². The SMILES string of the molecule is CN(NC(=O)Nc1ccc(Br)cc1)C(=O)NC(C)(C=O)CCc1ccccc1. The number of aldehydes is 1. The van der Waals surface area contributed by atoms with Gasteiger partial charge in [-0.2, -0.15) is 0 Å². The van der Waals surface area contributed by atoms with Crippen molar-refractivity contribution in [1.82, 2.24) is 15.8 Å². The third kappa shape index (κ3) is 6.70. The molecule has 4 amide bonds. The molecular formula is C20H23BrN4O3. The predicted molar refractivity (Wildman–Crippen MR) is 112 cm³/mol. The van der Waals surface area contributed by atoms with E-state index in [2.05, 4.69) is 32.0 Å². The molecule has 1 atom stereocenters. The summed E-state index contributed by atoms with van der Waals surface area (Å²) in [6.45, 7) is 1.65. The molecule has 0 aliphatic heterocycles. The first kappa shape index (κ1) is 21.4. The molecule has 148 valence electrons. The number of nitrogens with one attached hydrogen (secondary N) is 3. The summed E-state index contributed by atoms with van der Waals surface area (Å²) in [5, 5.41) is 6.27. The summed E-state index contributed by atoms with van der Waals surface area (Å²) in [7, 11) is 1.40. The van der Waals surface area contributed by atoms with Gasteiger partial charge in [-0.05, 0) is 49.6 Å². The average molecular weight is 447 g/mol. The number of benzene rings is 2. The maximum Gasteiger partial charge on any atom is 0.338 e. The Kier molecular flexibility index (Phi) is 7.57. The van der Waals surface area contributed by atoms with Crippen LogP contribution < -0.4 is 16.1 Å². The van der Waals surface area contributed by atoms with Gasteiger partial charge in [-0.3, -0.25) is 0 Å². The van der Waals surface area contributed by atoms with Crippen LogP contribution in [0.15, 0.2) is 59.1 Å². The smallest absolute Gasteiger partial charge is 0.325 e. The molecule has 0 bridgehead atoms. The largest absolute Gasteiger partial charge is 0.338 e. The van der Waals surface area contributed by atoms with Gasteiger partial charge < -0.3 is 15.4 Å². The highest BCUT2D eigenvalue weighted by molar-refractivity contribution is 9.10. The molecule has 0 heterocycles. The Hall–Kier alpha value is -2.87. The Morgan fingerprint density at radius 2 is 1.75 bits per heavy atom. The maximum atomic E-state index is 12.4. The van der Waals surface area contributed by atoms with Crippen LogP contribution >= 0.6 is 15.9 Å². The van der Waals surface area contributed by atoms with Gasteiger partial charge in [-0.15, -0.1) is 0 Å². The molecule has 1 unspecified atom stereocenters. The normalized spacial score (nSPS) is 12.4. The molecule has 0 fully saturated rings. The number of amides is 4. The van der Waals surface area contributed by atoms with Crippen molar-refractivity contribution in [2.24, 2.45) is 0 Å². The number of hydrogen-bond acceptors (Lipinski definition) is 3. The first-order valence-corrected chi connectivity index (χ1v) is 9.50. The molecule has 3 N–H and O–H groups in total. The highest BCUT2D eigenvalue weighted by Crippen LogP contribution is 2.14. The van der Waals surface area contributed by atoms with Gasteiger partial charge in [-0.1, -0.05) is 46.3 Å². The number of carbonyl (C=O) groups excluding carboxylic acids is 3. The van der Waals surface area contributed by atoms with Gasteiger partial charge in [0.05, 0.1) is 5.54 Å². The third-order valence-corrected chi connectivity index (χ3v) is 4.63. The van der Waals surface area contributed by atoms with Crippen LogP contribution in [-0.4, -0.2) is 35.9 Å². The molecule has 0 aromatic heterocycles. The Morgan fingerprint density at radius 3 is 2.36 bits per heavy atom. The fraction of sp³-hybridized carbons (Fsp3) is 0.250. The second-order valence-corrected chi connectivity index (χ2v) is 7.50. The number of rotatable bonds is 6. The number of carbonyl (C=O) groups is 3.